The maximum Gasteiger partial charge on any atom is 0.327 e. The lowest BCUT2D eigenvalue weighted by molar-refractivity contribution is -0.140. The maximum absolute atomic E-state index is 12.0. The fourth-order valence-corrected chi connectivity index (χ4v) is 2.31. The maximum atomic E-state index is 12.0. The molecule has 2 rings (SSSR count). The van der Waals surface area contributed by atoms with Gasteiger partial charge in [0.15, 0.2) is 0 Å². The van der Waals surface area contributed by atoms with E-state index in [-0.39, 0.29) is 18.1 Å². The number of para-hydroxylation sites is 1. The van der Waals surface area contributed by atoms with Gasteiger partial charge in [0.2, 0.25) is 5.91 Å². The minimum absolute atomic E-state index is 0.113. The van der Waals surface area contributed by atoms with Crippen LogP contribution < -0.4 is 4.90 Å². The molecule has 0 fully saturated rings. The Morgan fingerprint density at radius 3 is 2.14 bits per heavy atom. The molecular formula is C17H17NO4. The molecule has 0 heterocycles. The van der Waals surface area contributed by atoms with Crippen LogP contribution in [-0.4, -0.2) is 28.1 Å². The monoisotopic (exact) mass is 299 g/mol. The second-order valence-electron chi connectivity index (χ2n) is 4.95. The summed E-state index contributed by atoms with van der Waals surface area (Å²) < 4.78 is 0. The third-order valence-corrected chi connectivity index (χ3v) is 3.34. The van der Waals surface area contributed by atoms with Gasteiger partial charge in [-0.1, -0.05) is 30.3 Å². The van der Waals surface area contributed by atoms with E-state index in [1.165, 1.54) is 24.0 Å². The first-order valence-corrected chi connectivity index (χ1v) is 6.84. The summed E-state index contributed by atoms with van der Waals surface area (Å²) in [6.45, 7) is 1.35. The molecule has 5 heteroatoms. The zero-order valence-electron chi connectivity index (χ0n) is 12.1. The van der Waals surface area contributed by atoms with Gasteiger partial charge in [0.25, 0.3) is 0 Å². The lowest BCUT2D eigenvalue weighted by Crippen LogP contribution is -2.45. The second kappa shape index (κ2) is 6.76. The number of phenolic OH excluding ortho intramolecular Hbond substituents is 1. The Morgan fingerprint density at radius 2 is 1.64 bits per heavy atom. The molecule has 2 aromatic rings. The van der Waals surface area contributed by atoms with Crippen molar-refractivity contribution in [3.05, 3.63) is 60.2 Å². The molecule has 0 aliphatic heterocycles. The van der Waals surface area contributed by atoms with Crippen LogP contribution in [0.3, 0.4) is 0 Å². The van der Waals surface area contributed by atoms with Crippen molar-refractivity contribution in [2.45, 2.75) is 19.4 Å². The Bertz CT molecular complexity index is 652. The number of carboxylic acid groups (broad SMARTS) is 1. The molecule has 1 amide bonds. The predicted molar refractivity (Wildman–Crippen MR) is 82.8 cm³/mol. The van der Waals surface area contributed by atoms with E-state index in [0.29, 0.717) is 5.69 Å². The van der Waals surface area contributed by atoms with Gasteiger partial charge in [0.05, 0.1) is 0 Å². The molecule has 2 N–H and O–H groups in total. The van der Waals surface area contributed by atoms with Crippen LogP contribution in [0, 0.1) is 0 Å². The standard InChI is InChI=1S/C17H17NO4/c1-12(19)18(14-5-3-2-4-6-14)16(17(21)22)11-13-7-9-15(20)10-8-13/h2-10,16,20H,11H2,1H3,(H,21,22)/t16-/m0/s1. The molecule has 0 radical (unpaired) electrons. The van der Waals surface area contributed by atoms with Crippen molar-refractivity contribution >= 4 is 17.6 Å². The Labute approximate surface area is 128 Å². The molecule has 0 aromatic heterocycles. The van der Waals surface area contributed by atoms with Gasteiger partial charge in [0, 0.05) is 19.0 Å². The molecule has 114 valence electrons. The molecule has 0 bridgehead atoms. The van der Waals surface area contributed by atoms with Crippen LogP contribution in [0.25, 0.3) is 0 Å². The predicted octanol–water partition coefficient (Wildman–Crippen LogP) is 2.44. The molecule has 0 saturated heterocycles. The number of benzene rings is 2. The van der Waals surface area contributed by atoms with E-state index >= 15 is 0 Å². The van der Waals surface area contributed by atoms with Crippen molar-refractivity contribution in [1.29, 1.82) is 0 Å². The third kappa shape index (κ3) is 3.63. The van der Waals surface area contributed by atoms with Crippen LogP contribution in [0.5, 0.6) is 5.75 Å². The summed E-state index contributed by atoms with van der Waals surface area (Å²) in [5.41, 5.74) is 1.27. The first kappa shape index (κ1) is 15.6. The number of phenols is 1. The van der Waals surface area contributed by atoms with Gasteiger partial charge in [-0.3, -0.25) is 9.69 Å². The summed E-state index contributed by atoms with van der Waals surface area (Å²) in [6.07, 6.45) is 0.157. The van der Waals surface area contributed by atoms with Crippen molar-refractivity contribution in [3.63, 3.8) is 0 Å². The van der Waals surface area contributed by atoms with E-state index in [9.17, 15) is 19.8 Å². The van der Waals surface area contributed by atoms with E-state index in [0.717, 1.165) is 5.56 Å². The first-order valence-electron chi connectivity index (χ1n) is 6.84. The van der Waals surface area contributed by atoms with Gasteiger partial charge >= 0.3 is 5.97 Å². The van der Waals surface area contributed by atoms with E-state index in [1.54, 1.807) is 42.5 Å². The number of amides is 1. The largest absolute Gasteiger partial charge is 0.508 e. The molecule has 0 aliphatic rings. The van der Waals surface area contributed by atoms with Gasteiger partial charge < -0.3 is 10.2 Å². The lowest BCUT2D eigenvalue weighted by atomic mass is 10.0. The number of hydrogen-bond donors (Lipinski definition) is 2. The van der Waals surface area contributed by atoms with Crippen LogP contribution in [0.15, 0.2) is 54.6 Å². The van der Waals surface area contributed by atoms with E-state index < -0.39 is 12.0 Å². The van der Waals surface area contributed by atoms with Crippen LogP contribution in [0.2, 0.25) is 0 Å². The van der Waals surface area contributed by atoms with Gasteiger partial charge in [-0.15, -0.1) is 0 Å². The fraction of sp³-hybridized carbons (Fsp3) is 0.176. The van der Waals surface area contributed by atoms with Gasteiger partial charge in [-0.05, 0) is 29.8 Å². The first-order chi connectivity index (χ1) is 10.5. The van der Waals surface area contributed by atoms with Crippen molar-refractivity contribution in [2.75, 3.05) is 4.90 Å². The quantitative estimate of drug-likeness (QED) is 0.889. The van der Waals surface area contributed by atoms with Crippen molar-refractivity contribution in [2.24, 2.45) is 0 Å². The minimum Gasteiger partial charge on any atom is -0.508 e. The summed E-state index contributed by atoms with van der Waals surface area (Å²) in [6, 6.07) is 14.0. The van der Waals surface area contributed by atoms with Crippen LogP contribution in [0.4, 0.5) is 5.69 Å². The van der Waals surface area contributed by atoms with Crippen molar-refractivity contribution in [1.82, 2.24) is 0 Å². The Morgan fingerprint density at radius 1 is 1.05 bits per heavy atom. The number of aromatic hydroxyl groups is 1. The van der Waals surface area contributed by atoms with Crippen molar-refractivity contribution < 1.29 is 19.8 Å². The van der Waals surface area contributed by atoms with E-state index in [1.807, 2.05) is 0 Å². The highest BCUT2D eigenvalue weighted by atomic mass is 16.4. The Balaban J connectivity index is 2.33. The van der Waals surface area contributed by atoms with Crippen LogP contribution >= 0.6 is 0 Å². The summed E-state index contributed by atoms with van der Waals surface area (Å²) in [5.74, 6) is -1.30. The molecule has 0 saturated carbocycles. The number of anilines is 1. The fourth-order valence-electron chi connectivity index (χ4n) is 2.31. The number of rotatable bonds is 5. The lowest BCUT2D eigenvalue weighted by Gasteiger charge is -2.28. The van der Waals surface area contributed by atoms with E-state index in [2.05, 4.69) is 0 Å². The molecule has 1 atom stereocenters. The summed E-state index contributed by atoms with van der Waals surface area (Å²) in [5, 5.41) is 18.8. The summed E-state index contributed by atoms with van der Waals surface area (Å²) in [4.78, 5) is 24.9. The van der Waals surface area contributed by atoms with Crippen molar-refractivity contribution in [3.8, 4) is 5.75 Å². The SMILES string of the molecule is CC(=O)N(c1ccccc1)[C@@H](Cc1ccc(O)cc1)C(=O)O. The molecule has 0 unspecified atom stereocenters. The minimum atomic E-state index is -1.08. The normalized spacial score (nSPS) is 11.7. The highest BCUT2D eigenvalue weighted by molar-refractivity contribution is 5.97. The van der Waals surface area contributed by atoms with Crippen LogP contribution in [-0.2, 0) is 16.0 Å². The highest BCUT2D eigenvalue weighted by Crippen LogP contribution is 2.20. The summed E-state index contributed by atoms with van der Waals surface area (Å²) >= 11 is 0. The number of hydrogen-bond acceptors (Lipinski definition) is 3. The zero-order valence-corrected chi connectivity index (χ0v) is 12.1. The molecule has 2 aromatic carbocycles. The number of carbonyl (C=O) groups excluding carboxylic acids is 1. The topological polar surface area (TPSA) is 77.8 Å². The van der Waals surface area contributed by atoms with E-state index in [4.69, 9.17) is 0 Å². The average Bonchev–Trinajstić information content (AvgIpc) is 2.49. The molecule has 22 heavy (non-hydrogen) atoms. The Kier molecular flexibility index (Phi) is 4.78. The molecular weight excluding hydrogens is 282 g/mol. The summed E-state index contributed by atoms with van der Waals surface area (Å²) in [7, 11) is 0. The van der Waals surface area contributed by atoms with Gasteiger partial charge in [0.1, 0.15) is 11.8 Å². The smallest absolute Gasteiger partial charge is 0.327 e. The number of carboxylic acids is 1. The van der Waals surface area contributed by atoms with Gasteiger partial charge in [-0.2, -0.15) is 0 Å². The van der Waals surface area contributed by atoms with Gasteiger partial charge in [-0.25, -0.2) is 4.79 Å². The zero-order chi connectivity index (χ0) is 16.1. The average molecular weight is 299 g/mol. The molecule has 5 nitrogen and oxygen atoms in total. The third-order valence-electron chi connectivity index (χ3n) is 3.34. The highest BCUT2D eigenvalue weighted by Gasteiger charge is 2.29. The Hall–Kier alpha value is -2.82. The van der Waals surface area contributed by atoms with Crippen LogP contribution in [0.1, 0.15) is 12.5 Å². The number of carbonyl (C=O) groups is 2. The number of nitrogens with zero attached hydrogens (tertiary/aromatic N) is 1. The molecule has 0 spiro atoms. The number of aliphatic carboxylic acids is 1. The molecule has 0 aliphatic carbocycles. The second-order valence-corrected chi connectivity index (χ2v) is 4.95.